The Morgan fingerprint density at radius 1 is 1.16 bits per heavy atom. The number of aryl methyl sites for hydroxylation is 1. The molecule has 4 aliphatic carbocycles. The molecule has 11 atom stereocenters. The number of ether oxygens (including phenoxy) is 2. The molecule has 5 aliphatic rings. The first-order valence-electron chi connectivity index (χ1n) is 16.8. The third kappa shape index (κ3) is 4.12. The van der Waals surface area contributed by atoms with Crippen LogP contribution in [0.2, 0.25) is 0 Å². The van der Waals surface area contributed by atoms with Crippen molar-refractivity contribution in [3.8, 4) is 0 Å². The van der Waals surface area contributed by atoms with Gasteiger partial charge in [-0.25, -0.2) is 0 Å². The minimum absolute atomic E-state index is 0.0769. The van der Waals surface area contributed by atoms with Gasteiger partial charge in [0.25, 0.3) is 0 Å². The summed E-state index contributed by atoms with van der Waals surface area (Å²) in [5.74, 6) is 1.12. The summed E-state index contributed by atoms with van der Waals surface area (Å²) in [6.07, 6.45) is 8.15. The van der Waals surface area contributed by atoms with Crippen molar-refractivity contribution in [3.63, 3.8) is 0 Å². The van der Waals surface area contributed by atoms with Crippen LogP contribution >= 0.6 is 0 Å². The zero-order valence-corrected chi connectivity index (χ0v) is 27.7. The van der Waals surface area contributed by atoms with Crippen LogP contribution in [0.1, 0.15) is 98.9 Å². The lowest BCUT2D eigenvalue weighted by atomic mass is 9.34. The molecule has 4 fully saturated rings. The maximum Gasteiger partial charge on any atom is 0.307 e. The van der Waals surface area contributed by atoms with Crippen molar-refractivity contribution in [1.82, 2.24) is 20.2 Å². The average Bonchev–Trinajstić information content (AvgIpc) is 3.38. The number of allylic oxidation sites excluding steroid dienone is 1. The zero-order chi connectivity index (χ0) is 31.2. The van der Waals surface area contributed by atoms with E-state index >= 15 is 0 Å². The Hall–Kier alpha value is -1.84. The van der Waals surface area contributed by atoms with Crippen LogP contribution in [0.15, 0.2) is 11.6 Å². The minimum Gasteiger partial charge on any atom is -0.481 e. The molecule has 0 radical (unpaired) electrons. The van der Waals surface area contributed by atoms with Gasteiger partial charge >= 0.3 is 5.97 Å². The van der Waals surface area contributed by atoms with Crippen molar-refractivity contribution >= 4 is 5.97 Å². The fourth-order valence-electron chi connectivity index (χ4n) is 11.7. The number of aliphatic carboxylic acids is 1. The van der Waals surface area contributed by atoms with Crippen LogP contribution in [0.5, 0.6) is 0 Å². The van der Waals surface area contributed by atoms with Crippen LogP contribution < -0.4 is 5.73 Å². The maximum absolute atomic E-state index is 13.3. The molecule has 1 aliphatic heterocycles. The summed E-state index contributed by atoms with van der Waals surface area (Å²) >= 11 is 0. The summed E-state index contributed by atoms with van der Waals surface area (Å²) < 4.78 is 13.2. The molecule has 240 valence electrons. The third-order valence-corrected chi connectivity index (χ3v) is 14.3. The summed E-state index contributed by atoms with van der Waals surface area (Å²) in [6.45, 7) is 20.3. The van der Waals surface area contributed by atoms with E-state index in [1.165, 1.54) is 5.57 Å². The van der Waals surface area contributed by atoms with Crippen LogP contribution in [0.4, 0.5) is 0 Å². The van der Waals surface area contributed by atoms with Gasteiger partial charge < -0.3 is 20.3 Å². The van der Waals surface area contributed by atoms with Gasteiger partial charge in [0.15, 0.2) is 5.82 Å². The SMILES string of the molecule is Cc1nnn([C@@H]2C[C@@]34COCC(C)([C@H]2OCCN)[C@@H]3CC[C@H]2C4=CC[C@@]3(C)C(C(=O)O)[C@@](C)([C@H](C)C(C)C)CC[C@]23C)n1. The predicted molar refractivity (Wildman–Crippen MR) is 164 cm³/mol. The highest BCUT2D eigenvalue weighted by atomic mass is 16.5. The van der Waals surface area contributed by atoms with E-state index in [4.69, 9.17) is 20.3 Å². The summed E-state index contributed by atoms with van der Waals surface area (Å²) in [5, 5.41) is 24.4. The molecule has 0 amide bonds. The molecule has 9 heteroatoms. The Balaban J connectivity index is 1.46. The van der Waals surface area contributed by atoms with E-state index in [0.717, 1.165) is 38.5 Å². The van der Waals surface area contributed by atoms with Gasteiger partial charge in [-0.15, -0.1) is 10.2 Å². The molecule has 2 unspecified atom stereocenters. The van der Waals surface area contributed by atoms with Crippen molar-refractivity contribution in [2.24, 2.45) is 62.4 Å². The normalized spacial score (nSPS) is 46.4. The van der Waals surface area contributed by atoms with E-state index in [0.29, 0.717) is 55.9 Å². The van der Waals surface area contributed by atoms with Crippen molar-refractivity contribution in [3.05, 3.63) is 17.5 Å². The molecule has 0 aromatic carbocycles. The Bertz CT molecular complexity index is 1280. The van der Waals surface area contributed by atoms with Crippen LogP contribution in [0, 0.1) is 63.6 Å². The number of carbonyl (C=O) groups is 1. The quantitative estimate of drug-likeness (QED) is 0.397. The van der Waals surface area contributed by atoms with E-state index in [2.05, 4.69) is 64.9 Å². The highest BCUT2D eigenvalue weighted by Gasteiger charge is 2.72. The Morgan fingerprint density at radius 2 is 1.91 bits per heavy atom. The van der Waals surface area contributed by atoms with Gasteiger partial charge in [0.2, 0.25) is 0 Å². The second kappa shape index (κ2) is 10.3. The highest BCUT2D eigenvalue weighted by molar-refractivity contribution is 5.73. The molecule has 2 heterocycles. The van der Waals surface area contributed by atoms with Gasteiger partial charge in [-0.3, -0.25) is 4.79 Å². The van der Waals surface area contributed by atoms with Gasteiger partial charge in [-0.05, 0) is 90.6 Å². The Labute approximate surface area is 257 Å². The highest BCUT2D eigenvalue weighted by Crippen LogP contribution is 2.75. The number of nitrogens with zero attached hydrogens (tertiary/aromatic N) is 4. The van der Waals surface area contributed by atoms with Crippen LogP contribution in [-0.2, 0) is 14.3 Å². The molecule has 6 rings (SSSR count). The first kappa shape index (κ1) is 31.2. The summed E-state index contributed by atoms with van der Waals surface area (Å²) in [4.78, 5) is 15.1. The molecular weight excluding hydrogens is 542 g/mol. The largest absolute Gasteiger partial charge is 0.481 e. The molecule has 1 aromatic heterocycles. The Kier molecular flexibility index (Phi) is 7.49. The number of carboxylic acid groups (broad SMARTS) is 1. The summed E-state index contributed by atoms with van der Waals surface area (Å²) in [7, 11) is 0. The van der Waals surface area contributed by atoms with Crippen molar-refractivity contribution < 1.29 is 19.4 Å². The molecular formula is C34H55N5O4. The first-order valence-corrected chi connectivity index (χ1v) is 16.8. The Morgan fingerprint density at radius 3 is 2.53 bits per heavy atom. The number of aromatic nitrogens is 4. The average molecular weight is 598 g/mol. The fraction of sp³-hybridized carbons (Fsp3) is 0.882. The first-order chi connectivity index (χ1) is 20.2. The van der Waals surface area contributed by atoms with Crippen LogP contribution in [0.25, 0.3) is 0 Å². The smallest absolute Gasteiger partial charge is 0.307 e. The predicted octanol–water partition coefficient (Wildman–Crippen LogP) is 5.46. The summed E-state index contributed by atoms with van der Waals surface area (Å²) in [6, 6.07) is -0.0769. The van der Waals surface area contributed by atoms with E-state index in [1.807, 2.05) is 6.92 Å². The van der Waals surface area contributed by atoms with E-state index in [9.17, 15) is 9.90 Å². The minimum atomic E-state index is -0.619. The third-order valence-electron chi connectivity index (χ3n) is 14.3. The molecule has 3 N–H and O–H groups in total. The van der Waals surface area contributed by atoms with Crippen molar-refractivity contribution in [2.45, 2.75) is 106 Å². The van der Waals surface area contributed by atoms with E-state index in [1.54, 1.807) is 4.80 Å². The molecule has 43 heavy (non-hydrogen) atoms. The molecule has 3 saturated carbocycles. The lowest BCUT2D eigenvalue weighted by Crippen LogP contribution is -2.69. The number of rotatable bonds is 7. The van der Waals surface area contributed by atoms with Gasteiger partial charge in [0, 0.05) is 17.4 Å². The number of hydrogen-bond donors (Lipinski definition) is 2. The lowest BCUT2D eigenvalue weighted by Gasteiger charge is -2.71. The summed E-state index contributed by atoms with van der Waals surface area (Å²) in [5.41, 5.74) is 6.36. The molecule has 1 saturated heterocycles. The molecule has 2 bridgehead atoms. The number of carboxylic acids is 1. The second-order valence-electron chi connectivity index (χ2n) is 16.4. The molecule has 1 aromatic rings. The zero-order valence-electron chi connectivity index (χ0n) is 27.7. The van der Waals surface area contributed by atoms with Crippen molar-refractivity contribution in [2.75, 3.05) is 26.4 Å². The fourth-order valence-corrected chi connectivity index (χ4v) is 11.7. The number of hydrogen-bond acceptors (Lipinski definition) is 7. The second-order valence-corrected chi connectivity index (χ2v) is 16.4. The van der Waals surface area contributed by atoms with E-state index in [-0.39, 0.29) is 39.2 Å². The monoisotopic (exact) mass is 597 g/mol. The maximum atomic E-state index is 13.3. The number of nitrogens with two attached hydrogens (primary N) is 1. The molecule has 9 nitrogen and oxygen atoms in total. The number of fused-ring (bicyclic) bond motifs is 3. The van der Waals surface area contributed by atoms with Crippen molar-refractivity contribution in [1.29, 1.82) is 0 Å². The van der Waals surface area contributed by atoms with E-state index < -0.39 is 11.9 Å². The topological polar surface area (TPSA) is 125 Å². The van der Waals surface area contributed by atoms with Gasteiger partial charge in [-0.2, -0.15) is 4.80 Å². The lowest BCUT2D eigenvalue weighted by molar-refractivity contribution is -0.251. The van der Waals surface area contributed by atoms with Gasteiger partial charge in [0.1, 0.15) is 6.04 Å². The van der Waals surface area contributed by atoms with Crippen LogP contribution in [-0.4, -0.2) is 63.8 Å². The van der Waals surface area contributed by atoms with Crippen LogP contribution in [0.3, 0.4) is 0 Å². The number of tetrazole rings is 1. The molecule has 0 spiro atoms. The van der Waals surface area contributed by atoms with Gasteiger partial charge in [0.05, 0.1) is 31.8 Å². The van der Waals surface area contributed by atoms with Gasteiger partial charge in [-0.1, -0.05) is 60.1 Å². The standard InChI is InChI=1S/C34H55N5O4/c1-20(2)21(3)30(5)13-14-32(7)23-9-10-26-31(6)18-42-19-34(26,24(23)11-12-33(32,8)27(30)29(40)41)17-25(28(31)43-16-15-35)39-37-22(4)36-38-39/h11,20-21,23,25-28H,9-10,12-19,35H2,1-8H3,(H,40,41)/t21-,23+,25-,26+,27?,28+,30-,31?,32-,33+,34+/m1/s1.